The van der Waals surface area contributed by atoms with Gasteiger partial charge in [-0.3, -0.25) is 0 Å². The van der Waals surface area contributed by atoms with Crippen LogP contribution in [-0.2, 0) is 16.0 Å². The highest BCUT2D eigenvalue weighted by Gasteiger charge is 2.33. The molecule has 0 aliphatic heterocycles. The molecule has 2 N–H and O–H groups in total. The molecule has 1 atom stereocenters. The van der Waals surface area contributed by atoms with Crippen LogP contribution in [0.1, 0.15) is 16.4 Å². The minimum Gasteiger partial charge on any atom is -0.329 e. The average molecular weight is 329 g/mol. The van der Waals surface area contributed by atoms with Crippen molar-refractivity contribution in [1.82, 2.24) is 0 Å². The van der Waals surface area contributed by atoms with Crippen LogP contribution in [0.25, 0.3) is 0 Å². The summed E-state index contributed by atoms with van der Waals surface area (Å²) in [7, 11) is -3.86. The summed E-state index contributed by atoms with van der Waals surface area (Å²) >= 11 is 0. The van der Waals surface area contributed by atoms with E-state index in [1.54, 1.807) is 18.2 Å². The Morgan fingerprint density at radius 2 is 1.64 bits per heavy atom. The summed E-state index contributed by atoms with van der Waals surface area (Å²) in [5, 5.41) is -1.22. The van der Waals surface area contributed by atoms with Crippen LogP contribution in [0.2, 0.25) is 0 Å². The van der Waals surface area contributed by atoms with E-state index >= 15 is 0 Å². The number of benzene rings is 2. The zero-order chi connectivity index (χ0) is 16.4. The first-order valence-corrected chi connectivity index (χ1v) is 7.97. The Labute approximate surface area is 126 Å². The van der Waals surface area contributed by atoms with E-state index < -0.39 is 26.8 Å². The summed E-state index contributed by atoms with van der Waals surface area (Å²) in [6.07, 6.45) is -4.54. The first-order chi connectivity index (χ1) is 10.3. The summed E-state index contributed by atoms with van der Waals surface area (Å²) in [5.41, 5.74) is 4.66. The molecular formula is C15H14F3NO2S. The monoisotopic (exact) mass is 329 g/mol. The number of hydrogen-bond donors (Lipinski definition) is 1. The third-order valence-corrected chi connectivity index (χ3v) is 5.39. The molecule has 0 saturated carbocycles. The SMILES string of the molecule is NC[C@H](c1cccc(C(F)(F)F)c1)S(=O)(=O)c1ccccc1. The third kappa shape index (κ3) is 3.31. The van der Waals surface area contributed by atoms with Crippen molar-refractivity contribution in [1.29, 1.82) is 0 Å². The summed E-state index contributed by atoms with van der Waals surface area (Å²) in [6, 6.07) is 11.8. The zero-order valence-electron chi connectivity index (χ0n) is 11.4. The van der Waals surface area contributed by atoms with Crippen molar-refractivity contribution in [3.63, 3.8) is 0 Å². The molecule has 3 nitrogen and oxygen atoms in total. The van der Waals surface area contributed by atoms with Crippen LogP contribution in [-0.4, -0.2) is 15.0 Å². The van der Waals surface area contributed by atoms with Gasteiger partial charge >= 0.3 is 6.18 Å². The number of halogens is 3. The van der Waals surface area contributed by atoms with Crippen molar-refractivity contribution in [2.75, 3.05) is 6.54 Å². The molecule has 0 unspecified atom stereocenters. The standard InChI is InChI=1S/C15H14F3NO2S/c16-15(17,18)12-6-4-5-11(9-12)14(10-19)22(20,21)13-7-2-1-3-8-13/h1-9,14H,10,19H2/t14-/m1/s1. The molecule has 0 bridgehead atoms. The molecular weight excluding hydrogens is 315 g/mol. The topological polar surface area (TPSA) is 60.2 Å². The lowest BCUT2D eigenvalue weighted by Gasteiger charge is -2.18. The highest BCUT2D eigenvalue weighted by molar-refractivity contribution is 7.91. The number of nitrogens with two attached hydrogens (primary N) is 1. The molecule has 0 aliphatic rings. The van der Waals surface area contributed by atoms with E-state index in [9.17, 15) is 21.6 Å². The van der Waals surface area contributed by atoms with Crippen LogP contribution in [0.15, 0.2) is 59.5 Å². The minimum absolute atomic E-state index is 0.0289. The van der Waals surface area contributed by atoms with Crippen LogP contribution in [0.3, 0.4) is 0 Å². The summed E-state index contributed by atoms with van der Waals surface area (Å²) < 4.78 is 63.4. The van der Waals surface area contributed by atoms with Gasteiger partial charge in [-0.1, -0.05) is 36.4 Å². The number of rotatable bonds is 4. The van der Waals surface area contributed by atoms with Crippen LogP contribution >= 0.6 is 0 Å². The van der Waals surface area contributed by atoms with E-state index in [1.807, 2.05) is 0 Å². The average Bonchev–Trinajstić information content (AvgIpc) is 2.48. The summed E-state index contributed by atoms with van der Waals surface area (Å²) in [6.45, 7) is -0.307. The third-order valence-electron chi connectivity index (χ3n) is 3.25. The van der Waals surface area contributed by atoms with Crippen LogP contribution in [0, 0.1) is 0 Å². The fourth-order valence-corrected chi connectivity index (χ4v) is 3.75. The molecule has 2 aromatic rings. The molecule has 2 aromatic carbocycles. The smallest absolute Gasteiger partial charge is 0.329 e. The molecule has 7 heteroatoms. The van der Waals surface area contributed by atoms with E-state index in [2.05, 4.69) is 0 Å². The molecule has 0 spiro atoms. The molecule has 0 aromatic heterocycles. The minimum atomic E-state index is -4.54. The second kappa shape index (κ2) is 6.10. The Bertz CT molecular complexity index is 743. The Hall–Kier alpha value is -1.86. The Balaban J connectivity index is 2.49. The van der Waals surface area contributed by atoms with Gasteiger partial charge in [0.25, 0.3) is 0 Å². The maximum absolute atomic E-state index is 12.8. The molecule has 0 saturated heterocycles. The van der Waals surface area contributed by atoms with Crippen molar-refractivity contribution in [2.45, 2.75) is 16.3 Å². The van der Waals surface area contributed by atoms with E-state index in [4.69, 9.17) is 5.73 Å². The quantitative estimate of drug-likeness (QED) is 0.937. The molecule has 0 fully saturated rings. The molecule has 2 rings (SSSR count). The van der Waals surface area contributed by atoms with Gasteiger partial charge < -0.3 is 5.73 Å². The van der Waals surface area contributed by atoms with Gasteiger partial charge in [0, 0.05) is 6.54 Å². The summed E-state index contributed by atoms with van der Waals surface area (Å²) in [4.78, 5) is 0.0304. The van der Waals surface area contributed by atoms with Gasteiger partial charge in [0.2, 0.25) is 0 Å². The van der Waals surface area contributed by atoms with E-state index in [-0.39, 0.29) is 17.0 Å². The largest absolute Gasteiger partial charge is 0.416 e. The normalized spacial score (nSPS) is 13.8. The van der Waals surface area contributed by atoms with Gasteiger partial charge in [-0.2, -0.15) is 13.2 Å². The molecule has 0 aliphatic carbocycles. The van der Waals surface area contributed by atoms with E-state index in [0.717, 1.165) is 12.1 Å². The molecule has 0 amide bonds. The number of sulfone groups is 1. The number of hydrogen-bond acceptors (Lipinski definition) is 3. The lowest BCUT2D eigenvalue weighted by Crippen LogP contribution is -2.22. The summed E-state index contributed by atoms with van der Waals surface area (Å²) in [5.74, 6) is 0. The van der Waals surface area contributed by atoms with Crippen molar-refractivity contribution < 1.29 is 21.6 Å². The Morgan fingerprint density at radius 1 is 1.00 bits per heavy atom. The first kappa shape index (κ1) is 16.5. The van der Waals surface area contributed by atoms with Crippen LogP contribution in [0.4, 0.5) is 13.2 Å². The predicted molar refractivity (Wildman–Crippen MR) is 76.9 cm³/mol. The highest BCUT2D eigenvalue weighted by atomic mass is 32.2. The molecule has 22 heavy (non-hydrogen) atoms. The molecule has 0 radical (unpaired) electrons. The highest BCUT2D eigenvalue weighted by Crippen LogP contribution is 2.33. The van der Waals surface area contributed by atoms with Crippen molar-refractivity contribution >= 4 is 9.84 Å². The van der Waals surface area contributed by atoms with Gasteiger partial charge in [0.15, 0.2) is 9.84 Å². The van der Waals surface area contributed by atoms with Crippen molar-refractivity contribution in [3.8, 4) is 0 Å². The van der Waals surface area contributed by atoms with Crippen LogP contribution in [0.5, 0.6) is 0 Å². The predicted octanol–water partition coefficient (Wildman–Crippen LogP) is 3.18. The first-order valence-electron chi connectivity index (χ1n) is 6.43. The maximum atomic E-state index is 12.8. The lowest BCUT2D eigenvalue weighted by atomic mass is 10.1. The van der Waals surface area contributed by atoms with E-state index in [0.29, 0.717) is 0 Å². The zero-order valence-corrected chi connectivity index (χ0v) is 12.2. The van der Waals surface area contributed by atoms with Gasteiger partial charge in [-0.15, -0.1) is 0 Å². The second-order valence-electron chi connectivity index (χ2n) is 4.71. The van der Waals surface area contributed by atoms with Gasteiger partial charge in [0.05, 0.1) is 10.5 Å². The van der Waals surface area contributed by atoms with Gasteiger partial charge in [0.1, 0.15) is 5.25 Å². The van der Waals surface area contributed by atoms with Crippen molar-refractivity contribution in [3.05, 3.63) is 65.7 Å². The van der Waals surface area contributed by atoms with E-state index in [1.165, 1.54) is 24.3 Å². The molecule has 0 heterocycles. The Kier molecular flexibility index (Phi) is 4.58. The maximum Gasteiger partial charge on any atom is 0.416 e. The molecule has 118 valence electrons. The van der Waals surface area contributed by atoms with Crippen LogP contribution < -0.4 is 5.73 Å². The Morgan fingerprint density at radius 3 is 2.18 bits per heavy atom. The van der Waals surface area contributed by atoms with Gasteiger partial charge in [-0.25, -0.2) is 8.42 Å². The van der Waals surface area contributed by atoms with Gasteiger partial charge in [-0.05, 0) is 23.8 Å². The van der Waals surface area contributed by atoms with Crippen molar-refractivity contribution in [2.24, 2.45) is 5.73 Å². The lowest BCUT2D eigenvalue weighted by molar-refractivity contribution is -0.137. The number of alkyl halides is 3. The fraction of sp³-hybridized carbons (Fsp3) is 0.200. The fourth-order valence-electron chi connectivity index (χ4n) is 2.13. The second-order valence-corrected chi connectivity index (χ2v) is 6.84.